The van der Waals surface area contributed by atoms with Crippen molar-refractivity contribution in [1.29, 1.82) is 0 Å². The lowest BCUT2D eigenvalue weighted by atomic mass is 9.44. The number of ketones is 1. The fraction of sp³-hybridized carbons (Fsp3) is 0.848. The second-order valence-electron chi connectivity index (χ2n) is 14.5. The summed E-state index contributed by atoms with van der Waals surface area (Å²) in [6.07, 6.45) is 6.31. The molecule has 40 heavy (non-hydrogen) atoms. The zero-order valence-corrected chi connectivity index (χ0v) is 26.7. The number of thioether (sulfide) groups is 1. The topological polar surface area (TPSA) is 83.9 Å². The van der Waals surface area contributed by atoms with E-state index in [2.05, 4.69) is 41.2 Å². The fourth-order valence-corrected chi connectivity index (χ4v) is 9.79. The van der Waals surface area contributed by atoms with E-state index in [0.29, 0.717) is 25.3 Å². The van der Waals surface area contributed by atoms with E-state index in [-0.39, 0.29) is 57.7 Å². The van der Waals surface area contributed by atoms with Crippen LogP contribution < -0.4 is 0 Å². The number of carbonyl (C=O) groups excluding carboxylic acids is 3. The van der Waals surface area contributed by atoms with Crippen molar-refractivity contribution < 1.29 is 24.2 Å². The van der Waals surface area contributed by atoms with Gasteiger partial charge in [-0.1, -0.05) is 54.5 Å². The maximum Gasteiger partial charge on any atom is 0.316 e. The Bertz CT molecular complexity index is 999. The number of carbonyl (C=O) groups is 3. The van der Waals surface area contributed by atoms with Crippen molar-refractivity contribution in [1.82, 2.24) is 4.90 Å². The molecular weight excluding hydrogens is 522 g/mol. The van der Waals surface area contributed by atoms with E-state index < -0.39 is 23.0 Å². The van der Waals surface area contributed by atoms with Crippen LogP contribution in [0.5, 0.6) is 0 Å². The summed E-state index contributed by atoms with van der Waals surface area (Å²) >= 11 is 1.59. The number of esters is 1. The van der Waals surface area contributed by atoms with Crippen LogP contribution in [0.1, 0.15) is 93.4 Å². The van der Waals surface area contributed by atoms with Gasteiger partial charge < -0.3 is 14.7 Å². The number of likely N-dealkylation sites (tertiary alicyclic amines) is 1. The van der Waals surface area contributed by atoms with E-state index in [1.54, 1.807) is 11.8 Å². The van der Waals surface area contributed by atoms with Crippen LogP contribution >= 0.6 is 11.8 Å². The molecule has 10 atom stereocenters. The van der Waals surface area contributed by atoms with Crippen molar-refractivity contribution in [2.45, 2.75) is 111 Å². The van der Waals surface area contributed by atoms with Crippen LogP contribution in [0.3, 0.4) is 0 Å². The third-order valence-corrected chi connectivity index (χ3v) is 13.4. The number of aliphatic hydroxyl groups is 1. The number of nitrogens with zero attached hydrogens (tertiary/aromatic N) is 1. The maximum absolute atomic E-state index is 13.6. The highest BCUT2D eigenvalue weighted by Crippen LogP contribution is 2.68. The van der Waals surface area contributed by atoms with Gasteiger partial charge in [-0.15, -0.1) is 18.3 Å². The van der Waals surface area contributed by atoms with Crippen molar-refractivity contribution in [2.75, 3.05) is 18.8 Å². The fourth-order valence-electron chi connectivity index (χ4n) is 8.73. The van der Waals surface area contributed by atoms with E-state index in [1.807, 2.05) is 24.8 Å². The highest BCUT2D eigenvalue weighted by atomic mass is 32.2. The summed E-state index contributed by atoms with van der Waals surface area (Å²) in [6, 6.07) is 0. The summed E-state index contributed by atoms with van der Waals surface area (Å²) < 4.78 is 6.40. The van der Waals surface area contributed by atoms with Gasteiger partial charge in [-0.05, 0) is 61.7 Å². The van der Waals surface area contributed by atoms with Gasteiger partial charge in [-0.2, -0.15) is 0 Å². The van der Waals surface area contributed by atoms with Crippen molar-refractivity contribution in [3.8, 4) is 0 Å². The van der Waals surface area contributed by atoms with Gasteiger partial charge in [0.2, 0.25) is 5.91 Å². The molecule has 1 heterocycles. The SMILES string of the molecule is C=C[C@]1(C)C[C@@H](OC(=O)CSC2CCCN(C(=O)C(C)C(C)C)C2)[C@@]2(C)C3C(=O)CCC3(CC[C@H]2C)[C@@H](C)C1O. The van der Waals surface area contributed by atoms with E-state index in [1.165, 1.54) is 0 Å². The predicted molar refractivity (Wildman–Crippen MR) is 161 cm³/mol. The van der Waals surface area contributed by atoms with E-state index in [9.17, 15) is 19.5 Å². The first-order valence-corrected chi connectivity index (χ1v) is 16.7. The van der Waals surface area contributed by atoms with Gasteiger partial charge in [-0.3, -0.25) is 14.4 Å². The number of aliphatic hydroxyl groups excluding tert-OH is 1. The molecule has 0 aromatic rings. The second kappa shape index (κ2) is 11.7. The van der Waals surface area contributed by atoms with Crippen molar-refractivity contribution in [2.24, 2.45) is 45.8 Å². The zero-order chi connectivity index (χ0) is 29.6. The largest absolute Gasteiger partial charge is 0.461 e. The molecule has 3 saturated carbocycles. The minimum absolute atomic E-state index is 0.00563. The number of amides is 1. The first-order chi connectivity index (χ1) is 18.7. The third kappa shape index (κ3) is 5.31. The Labute approximate surface area is 246 Å². The van der Waals surface area contributed by atoms with Gasteiger partial charge in [0.1, 0.15) is 11.9 Å². The number of ether oxygens (including phenoxy) is 1. The smallest absolute Gasteiger partial charge is 0.316 e. The molecule has 4 rings (SSSR count). The van der Waals surface area contributed by atoms with Gasteiger partial charge in [0, 0.05) is 47.4 Å². The molecule has 4 aliphatic rings. The maximum atomic E-state index is 13.6. The lowest BCUT2D eigenvalue weighted by molar-refractivity contribution is -0.205. The normalized spacial score (nSPS) is 42.5. The van der Waals surface area contributed by atoms with Gasteiger partial charge in [-0.25, -0.2) is 0 Å². The Balaban J connectivity index is 1.52. The molecule has 6 nitrogen and oxygen atoms in total. The molecule has 1 saturated heterocycles. The van der Waals surface area contributed by atoms with Gasteiger partial charge in [0.15, 0.2) is 0 Å². The Morgan fingerprint density at radius 1 is 1.20 bits per heavy atom. The Hall–Kier alpha value is -1.34. The van der Waals surface area contributed by atoms with Gasteiger partial charge in [0.05, 0.1) is 11.9 Å². The number of hydrogen-bond acceptors (Lipinski definition) is 6. The summed E-state index contributed by atoms with van der Waals surface area (Å²) in [4.78, 5) is 42.0. The molecular formula is C33H53NO5S. The molecule has 3 aliphatic carbocycles. The molecule has 4 fully saturated rings. The third-order valence-electron chi connectivity index (χ3n) is 12.1. The quantitative estimate of drug-likeness (QED) is 0.300. The minimum Gasteiger partial charge on any atom is -0.461 e. The zero-order valence-electron chi connectivity index (χ0n) is 25.9. The summed E-state index contributed by atoms with van der Waals surface area (Å²) in [5, 5.41) is 11.9. The van der Waals surface area contributed by atoms with E-state index >= 15 is 0 Å². The van der Waals surface area contributed by atoms with E-state index in [0.717, 1.165) is 38.6 Å². The summed E-state index contributed by atoms with van der Waals surface area (Å²) in [7, 11) is 0. The molecule has 0 aromatic heterocycles. The average Bonchev–Trinajstić information content (AvgIpc) is 3.29. The van der Waals surface area contributed by atoms with Crippen molar-refractivity contribution >= 4 is 29.4 Å². The van der Waals surface area contributed by atoms with Gasteiger partial charge in [0.25, 0.3) is 0 Å². The first-order valence-electron chi connectivity index (χ1n) is 15.7. The molecule has 0 aromatic carbocycles. The second-order valence-corrected chi connectivity index (χ2v) is 15.7. The number of piperidine rings is 1. The highest BCUT2D eigenvalue weighted by Gasteiger charge is 2.68. The van der Waals surface area contributed by atoms with Crippen LogP contribution in [0.4, 0.5) is 0 Å². The molecule has 7 heteroatoms. The summed E-state index contributed by atoms with van der Waals surface area (Å²) in [5.74, 6) is 0.696. The number of hydrogen-bond donors (Lipinski definition) is 1. The minimum atomic E-state index is -0.661. The first kappa shape index (κ1) is 31.6. The molecule has 1 aliphatic heterocycles. The van der Waals surface area contributed by atoms with Crippen molar-refractivity contribution in [3.05, 3.63) is 12.7 Å². The van der Waals surface area contributed by atoms with Crippen LogP contribution in [0.25, 0.3) is 0 Å². The monoisotopic (exact) mass is 575 g/mol. The molecule has 1 N–H and O–H groups in total. The molecule has 226 valence electrons. The van der Waals surface area contributed by atoms with Gasteiger partial charge >= 0.3 is 5.97 Å². The standard InChI is InChI=1S/C33H53NO5S/c1-9-31(7)17-26(32(8)21(4)12-14-33(23(6)29(31)37)15-13-25(35)28(32)33)39-27(36)19-40-24-11-10-16-34(18-24)30(38)22(5)20(2)3/h9,20-24,26,28-29,37H,1,10-19H2,2-8H3/t21-,22?,23+,24?,26-,28?,29?,31-,32+,33?/m1/s1. The number of Topliss-reactive ketones (excluding diaryl/α,β-unsaturated/α-hetero) is 1. The van der Waals surface area contributed by atoms with Crippen LogP contribution in [0.15, 0.2) is 12.7 Å². The Morgan fingerprint density at radius 3 is 2.55 bits per heavy atom. The number of rotatable bonds is 7. The molecule has 1 amide bonds. The van der Waals surface area contributed by atoms with Crippen LogP contribution in [0.2, 0.25) is 0 Å². The van der Waals surface area contributed by atoms with E-state index in [4.69, 9.17) is 4.74 Å². The Morgan fingerprint density at radius 2 is 1.90 bits per heavy atom. The van der Waals surface area contributed by atoms with Crippen LogP contribution in [-0.2, 0) is 19.1 Å². The summed E-state index contributed by atoms with van der Waals surface area (Å²) in [6.45, 7) is 20.3. The average molecular weight is 576 g/mol. The molecule has 5 unspecified atom stereocenters. The highest BCUT2D eigenvalue weighted by molar-refractivity contribution is 8.00. The van der Waals surface area contributed by atoms with Crippen LogP contribution in [0, 0.1) is 45.8 Å². The predicted octanol–water partition coefficient (Wildman–Crippen LogP) is 5.91. The van der Waals surface area contributed by atoms with Crippen molar-refractivity contribution in [3.63, 3.8) is 0 Å². The lowest BCUT2D eigenvalue weighted by Crippen LogP contribution is -2.63. The van der Waals surface area contributed by atoms with Crippen LogP contribution in [-0.4, -0.2) is 64.0 Å². The lowest BCUT2D eigenvalue weighted by Gasteiger charge is -2.61. The molecule has 2 bridgehead atoms. The Kier molecular flexibility index (Phi) is 9.27. The molecule has 0 spiro atoms. The summed E-state index contributed by atoms with van der Waals surface area (Å²) in [5.41, 5.74) is -1.39. The molecule has 0 radical (unpaired) electrons.